The lowest BCUT2D eigenvalue weighted by molar-refractivity contribution is -0.133. The Balaban J connectivity index is 1.73. The standard InChI is InChI=1S/C16H29N3O2/c1-2-15(20)18-10-5-11-19(13-12-18)16(21)8-7-14-6-3-4-9-17-14/h14,17H,2-13H2,1H3. The third-order valence-electron chi connectivity index (χ3n) is 4.62. The fraction of sp³-hybridized carbons (Fsp3) is 0.875. The third-order valence-corrected chi connectivity index (χ3v) is 4.62. The van der Waals surface area contributed by atoms with Gasteiger partial charge in [0, 0.05) is 45.1 Å². The highest BCUT2D eigenvalue weighted by atomic mass is 16.2. The first-order valence-corrected chi connectivity index (χ1v) is 8.49. The van der Waals surface area contributed by atoms with Crippen molar-refractivity contribution in [2.75, 3.05) is 32.7 Å². The number of amides is 2. The van der Waals surface area contributed by atoms with Crippen LogP contribution in [0.2, 0.25) is 0 Å². The fourth-order valence-electron chi connectivity index (χ4n) is 3.27. The summed E-state index contributed by atoms with van der Waals surface area (Å²) in [4.78, 5) is 27.9. The van der Waals surface area contributed by atoms with E-state index in [0.29, 0.717) is 32.0 Å². The molecule has 2 amide bonds. The van der Waals surface area contributed by atoms with Gasteiger partial charge < -0.3 is 15.1 Å². The lowest BCUT2D eigenvalue weighted by Crippen LogP contribution is -2.38. The molecule has 0 aromatic rings. The number of piperidine rings is 1. The Labute approximate surface area is 128 Å². The molecule has 2 saturated heterocycles. The zero-order chi connectivity index (χ0) is 15.1. The summed E-state index contributed by atoms with van der Waals surface area (Å²) < 4.78 is 0. The van der Waals surface area contributed by atoms with Crippen LogP contribution in [0.25, 0.3) is 0 Å². The van der Waals surface area contributed by atoms with E-state index in [4.69, 9.17) is 0 Å². The Bertz CT molecular complexity index is 353. The minimum absolute atomic E-state index is 0.204. The first-order chi connectivity index (χ1) is 10.2. The number of hydrogen-bond donors (Lipinski definition) is 1. The molecule has 0 radical (unpaired) electrons. The Hall–Kier alpha value is -1.10. The normalized spacial score (nSPS) is 23.8. The molecule has 21 heavy (non-hydrogen) atoms. The van der Waals surface area contributed by atoms with Gasteiger partial charge in [0.25, 0.3) is 0 Å². The molecule has 0 aromatic carbocycles. The third kappa shape index (κ3) is 4.99. The van der Waals surface area contributed by atoms with Gasteiger partial charge >= 0.3 is 0 Å². The molecule has 2 aliphatic rings. The molecular weight excluding hydrogens is 266 g/mol. The molecule has 2 heterocycles. The molecule has 5 nitrogen and oxygen atoms in total. The van der Waals surface area contributed by atoms with E-state index in [2.05, 4.69) is 5.32 Å². The quantitative estimate of drug-likeness (QED) is 0.852. The van der Waals surface area contributed by atoms with Gasteiger partial charge in [0.2, 0.25) is 11.8 Å². The number of carbonyl (C=O) groups is 2. The number of nitrogens with zero attached hydrogens (tertiary/aromatic N) is 2. The second kappa shape index (κ2) is 8.37. The number of hydrogen-bond acceptors (Lipinski definition) is 3. The lowest BCUT2D eigenvalue weighted by Gasteiger charge is -2.25. The van der Waals surface area contributed by atoms with Crippen LogP contribution >= 0.6 is 0 Å². The van der Waals surface area contributed by atoms with Gasteiger partial charge in [-0.1, -0.05) is 13.3 Å². The molecule has 2 aliphatic heterocycles. The highest BCUT2D eigenvalue weighted by Crippen LogP contribution is 2.13. The number of rotatable bonds is 4. The topological polar surface area (TPSA) is 52.7 Å². The van der Waals surface area contributed by atoms with Crippen LogP contribution in [0.5, 0.6) is 0 Å². The van der Waals surface area contributed by atoms with Crippen LogP contribution in [-0.4, -0.2) is 60.4 Å². The summed E-state index contributed by atoms with van der Waals surface area (Å²) in [5, 5.41) is 3.50. The van der Waals surface area contributed by atoms with Crippen molar-refractivity contribution in [2.24, 2.45) is 0 Å². The maximum atomic E-state index is 12.3. The van der Waals surface area contributed by atoms with Crippen molar-refractivity contribution in [3.63, 3.8) is 0 Å². The number of carbonyl (C=O) groups excluding carboxylic acids is 2. The van der Waals surface area contributed by atoms with E-state index in [1.807, 2.05) is 16.7 Å². The van der Waals surface area contributed by atoms with Gasteiger partial charge in [0.1, 0.15) is 0 Å². The van der Waals surface area contributed by atoms with Gasteiger partial charge in [0.15, 0.2) is 0 Å². The van der Waals surface area contributed by atoms with Crippen LogP contribution in [-0.2, 0) is 9.59 Å². The molecule has 0 bridgehead atoms. The average Bonchev–Trinajstić information content (AvgIpc) is 2.79. The van der Waals surface area contributed by atoms with Crippen molar-refractivity contribution >= 4 is 11.8 Å². The molecule has 2 rings (SSSR count). The monoisotopic (exact) mass is 295 g/mol. The van der Waals surface area contributed by atoms with Crippen molar-refractivity contribution in [3.05, 3.63) is 0 Å². The molecule has 1 N–H and O–H groups in total. The van der Waals surface area contributed by atoms with Gasteiger partial charge in [-0.2, -0.15) is 0 Å². The predicted molar refractivity (Wildman–Crippen MR) is 82.9 cm³/mol. The lowest BCUT2D eigenvalue weighted by atomic mass is 10.0. The largest absolute Gasteiger partial charge is 0.341 e. The van der Waals surface area contributed by atoms with Gasteiger partial charge in [-0.15, -0.1) is 0 Å². The van der Waals surface area contributed by atoms with E-state index >= 15 is 0 Å². The molecule has 0 aromatic heterocycles. The highest BCUT2D eigenvalue weighted by Gasteiger charge is 2.22. The Morgan fingerprint density at radius 3 is 2.33 bits per heavy atom. The summed E-state index contributed by atoms with van der Waals surface area (Å²) in [6.07, 6.45) is 6.79. The molecule has 1 unspecified atom stereocenters. The SMILES string of the molecule is CCC(=O)N1CCCN(C(=O)CCC2CCCCN2)CC1. The first-order valence-electron chi connectivity index (χ1n) is 8.49. The van der Waals surface area contributed by atoms with Gasteiger partial charge in [-0.05, 0) is 32.2 Å². The van der Waals surface area contributed by atoms with Crippen LogP contribution < -0.4 is 5.32 Å². The van der Waals surface area contributed by atoms with Crippen molar-refractivity contribution in [1.82, 2.24) is 15.1 Å². The summed E-state index contributed by atoms with van der Waals surface area (Å²) in [7, 11) is 0. The molecule has 0 aliphatic carbocycles. The summed E-state index contributed by atoms with van der Waals surface area (Å²) in [6, 6.07) is 0.521. The van der Waals surface area contributed by atoms with Gasteiger partial charge in [0.05, 0.1) is 0 Å². The second-order valence-electron chi connectivity index (χ2n) is 6.15. The Morgan fingerprint density at radius 1 is 1.00 bits per heavy atom. The van der Waals surface area contributed by atoms with Crippen LogP contribution in [0, 0.1) is 0 Å². The van der Waals surface area contributed by atoms with Crippen molar-refractivity contribution in [2.45, 2.75) is 57.9 Å². The van der Waals surface area contributed by atoms with Crippen molar-refractivity contribution < 1.29 is 9.59 Å². The molecule has 1 atom stereocenters. The van der Waals surface area contributed by atoms with Gasteiger partial charge in [-0.3, -0.25) is 9.59 Å². The first kappa shape index (κ1) is 16.3. The highest BCUT2D eigenvalue weighted by molar-refractivity contribution is 5.77. The maximum absolute atomic E-state index is 12.3. The molecular formula is C16H29N3O2. The summed E-state index contributed by atoms with van der Waals surface area (Å²) >= 11 is 0. The average molecular weight is 295 g/mol. The molecule has 2 fully saturated rings. The van der Waals surface area contributed by atoms with Crippen LogP contribution in [0.15, 0.2) is 0 Å². The maximum Gasteiger partial charge on any atom is 0.222 e. The molecule has 0 saturated carbocycles. The minimum Gasteiger partial charge on any atom is -0.341 e. The predicted octanol–water partition coefficient (Wildman–Crippen LogP) is 1.38. The zero-order valence-electron chi connectivity index (χ0n) is 13.3. The van der Waals surface area contributed by atoms with E-state index in [0.717, 1.165) is 32.5 Å². The molecule has 120 valence electrons. The zero-order valence-corrected chi connectivity index (χ0v) is 13.3. The Kier molecular flexibility index (Phi) is 6.49. The summed E-state index contributed by atoms with van der Waals surface area (Å²) in [6.45, 7) is 5.97. The molecule has 0 spiro atoms. The number of nitrogens with one attached hydrogen (secondary N) is 1. The fourth-order valence-corrected chi connectivity index (χ4v) is 3.27. The van der Waals surface area contributed by atoms with E-state index < -0.39 is 0 Å². The Morgan fingerprint density at radius 2 is 1.71 bits per heavy atom. The minimum atomic E-state index is 0.204. The van der Waals surface area contributed by atoms with E-state index in [1.54, 1.807) is 0 Å². The summed E-state index contributed by atoms with van der Waals surface area (Å²) in [5.74, 6) is 0.462. The van der Waals surface area contributed by atoms with E-state index in [-0.39, 0.29) is 11.8 Å². The van der Waals surface area contributed by atoms with E-state index in [9.17, 15) is 9.59 Å². The van der Waals surface area contributed by atoms with Crippen LogP contribution in [0.1, 0.15) is 51.9 Å². The van der Waals surface area contributed by atoms with Crippen LogP contribution in [0.3, 0.4) is 0 Å². The van der Waals surface area contributed by atoms with Crippen molar-refractivity contribution in [3.8, 4) is 0 Å². The smallest absolute Gasteiger partial charge is 0.222 e. The van der Waals surface area contributed by atoms with Gasteiger partial charge in [-0.25, -0.2) is 0 Å². The van der Waals surface area contributed by atoms with E-state index in [1.165, 1.54) is 19.3 Å². The second-order valence-corrected chi connectivity index (χ2v) is 6.15. The summed E-state index contributed by atoms with van der Waals surface area (Å²) in [5.41, 5.74) is 0. The van der Waals surface area contributed by atoms with Crippen LogP contribution in [0.4, 0.5) is 0 Å². The van der Waals surface area contributed by atoms with Crippen molar-refractivity contribution in [1.29, 1.82) is 0 Å². The molecule has 5 heteroatoms.